The number of fused-ring (bicyclic) bond motifs is 1. The topological polar surface area (TPSA) is 65.9 Å². The second-order valence-electron chi connectivity index (χ2n) is 9.63. The molecule has 0 aliphatic carbocycles. The van der Waals surface area contributed by atoms with Crippen molar-refractivity contribution in [2.24, 2.45) is 0 Å². The summed E-state index contributed by atoms with van der Waals surface area (Å²) in [5, 5.41) is 4.15. The molecule has 0 spiro atoms. The summed E-state index contributed by atoms with van der Waals surface area (Å²) < 4.78 is 22.4. The molecule has 5 aromatic rings. The standard InChI is InChI=1S/C33H35N3O4S/c1-37-30-9-3-6-25(19-30)13-15-39-16-17-40-23-29-24-41-33(35-29)36(21-26-7-4-10-31(20-26)38-2)22-27-11-12-32-28(18-27)8-5-14-34-32/h3-12,14,18-20,24H,13,15-17,21-23H2,1-2H3. The first-order chi connectivity index (χ1) is 20.2. The van der Waals surface area contributed by atoms with Gasteiger partial charge in [0.05, 0.1) is 51.9 Å². The smallest absolute Gasteiger partial charge is 0.186 e. The minimum absolute atomic E-state index is 0.449. The molecule has 0 aliphatic heterocycles. The molecule has 0 fully saturated rings. The molecule has 0 radical (unpaired) electrons. The number of aromatic nitrogens is 2. The predicted molar refractivity (Wildman–Crippen MR) is 164 cm³/mol. The Morgan fingerprint density at radius 1 is 0.732 bits per heavy atom. The van der Waals surface area contributed by atoms with E-state index >= 15 is 0 Å². The number of anilines is 1. The number of thiazole rings is 1. The van der Waals surface area contributed by atoms with Crippen molar-refractivity contribution < 1.29 is 18.9 Å². The molecule has 0 atom stereocenters. The maximum absolute atomic E-state index is 5.87. The van der Waals surface area contributed by atoms with Crippen LogP contribution >= 0.6 is 11.3 Å². The van der Waals surface area contributed by atoms with Crippen molar-refractivity contribution in [3.8, 4) is 11.5 Å². The zero-order chi connectivity index (χ0) is 28.3. The van der Waals surface area contributed by atoms with Gasteiger partial charge in [-0.2, -0.15) is 0 Å². The summed E-state index contributed by atoms with van der Waals surface area (Å²) in [7, 11) is 3.37. The fraction of sp³-hybridized carbons (Fsp3) is 0.273. The van der Waals surface area contributed by atoms with E-state index in [1.54, 1.807) is 25.6 Å². The summed E-state index contributed by atoms with van der Waals surface area (Å²) in [5.41, 5.74) is 5.46. The van der Waals surface area contributed by atoms with Crippen LogP contribution < -0.4 is 14.4 Å². The number of rotatable bonds is 15. The van der Waals surface area contributed by atoms with Gasteiger partial charge in [-0.15, -0.1) is 11.3 Å². The lowest BCUT2D eigenvalue weighted by Gasteiger charge is -2.22. The number of nitrogens with zero attached hydrogens (tertiary/aromatic N) is 3. The van der Waals surface area contributed by atoms with E-state index in [0.29, 0.717) is 33.0 Å². The van der Waals surface area contributed by atoms with Crippen molar-refractivity contribution in [3.05, 3.63) is 113 Å². The van der Waals surface area contributed by atoms with Crippen LogP contribution in [0.5, 0.6) is 11.5 Å². The van der Waals surface area contributed by atoms with E-state index in [4.69, 9.17) is 23.9 Å². The van der Waals surface area contributed by atoms with Crippen molar-refractivity contribution in [1.29, 1.82) is 0 Å². The van der Waals surface area contributed by atoms with Gasteiger partial charge in [-0.1, -0.05) is 36.4 Å². The molecule has 5 rings (SSSR count). The normalized spacial score (nSPS) is 11.1. The highest BCUT2D eigenvalue weighted by Gasteiger charge is 2.14. The van der Waals surface area contributed by atoms with Gasteiger partial charge in [0.25, 0.3) is 0 Å². The molecule has 2 aromatic heterocycles. The fourth-order valence-electron chi connectivity index (χ4n) is 4.55. The van der Waals surface area contributed by atoms with E-state index in [1.807, 2.05) is 42.6 Å². The molecule has 0 aliphatic rings. The van der Waals surface area contributed by atoms with Crippen LogP contribution in [-0.4, -0.2) is 44.0 Å². The third-order valence-corrected chi connectivity index (χ3v) is 7.60. The van der Waals surface area contributed by atoms with E-state index < -0.39 is 0 Å². The largest absolute Gasteiger partial charge is 0.497 e. The molecule has 0 saturated carbocycles. The van der Waals surface area contributed by atoms with Gasteiger partial charge in [-0.3, -0.25) is 4.98 Å². The first-order valence-electron chi connectivity index (χ1n) is 13.6. The van der Waals surface area contributed by atoms with Gasteiger partial charge in [0.2, 0.25) is 0 Å². The molecule has 0 amide bonds. The predicted octanol–water partition coefficient (Wildman–Crippen LogP) is 6.69. The minimum atomic E-state index is 0.449. The van der Waals surface area contributed by atoms with Crippen molar-refractivity contribution in [3.63, 3.8) is 0 Å². The summed E-state index contributed by atoms with van der Waals surface area (Å²) in [5.74, 6) is 1.71. The number of hydrogen-bond acceptors (Lipinski definition) is 8. The van der Waals surface area contributed by atoms with E-state index in [9.17, 15) is 0 Å². The van der Waals surface area contributed by atoms with Crippen LogP contribution in [-0.2, 0) is 35.6 Å². The number of ether oxygens (including phenoxy) is 4. The second-order valence-corrected chi connectivity index (χ2v) is 10.5. The summed E-state index contributed by atoms with van der Waals surface area (Å²) in [6.45, 7) is 3.57. The highest BCUT2D eigenvalue weighted by molar-refractivity contribution is 7.13. The Balaban J connectivity index is 1.16. The van der Waals surface area contributed by atoms with E-state index in [1.165, 1.54) is 11.1 Å². The first kappa shape index (κ1) is 28.5. The average Bonchev–Trinajstić information content (AvgIpc) is 3.49. The molecule has 212 valence electrons. The van der Waals surface area contributed by atoms with Crippen LogP contribution in [0.15, 0.2) is 90.4 Å². The summed E-state index contributed by atoms with van der Waals surface area (Å²) in [4.78, 5) is 11.7. The van der Waals surface area contributed by atoms with Crippen molar-refractivity contribution >= 4 is 27.4 Å². The van der Waals surface area contributed by atoms with Crippen LogP contribution in [0.25, 0.3) is 10.9 Å². The van der Waals surface area contributed by atoms with Crippen LogP contribution in [0.1, 0.15) is 22.4 Å². The average molecular weight is 570 g/mol. The van der Waals surface area contributed by atoms with E-state index in [-0.39, 0.29) is 0 Å². The van der Waals surface area contributed by atoms with Crippen LogP contribution in [0.4, 0.5) is 5.13 Å². The summed E-state index contributed by atoms with van der Waals surface area (Å²) >= 11 is 1.63. The maximum atomic E-state index is 5.87. The molecular weight excluding hydrogens is 534 g/mol. The second kappa shape index (κ2) is 14.6. The van der Waals surface area contributed by atoms with Crippen molar-refractivity contribution in [2.75, 3.05) is 38.9 Å². The van der Waals surface area contributed by atoms with Gasteiger partial charge in [-0.05, 0) is 65.6 Å². The Labute approximate surface area is 245 Å². The lowest BCUT2D eigenvalue weighted by Crippen LogP contribution is -2.22. The minimum Gasteiger partial charge on any atom is -0.497 e. The molecule has 0 unspecified atom stereocenters. The number of benzene rings is 3. The Kier molecular flexibility index (Phi) is 10.2. The quantitative estimate of drug-likeness (QED) is 0.130. The van der Waals surface area contributed by atoms with Crippen molar-refractivity contribution in [2.45, 2.75) is 26.1 Å². The molecular formula is C33H35N3O4S. The molecule has 8 heteroatoms. The number of pyridine rings is 1. The molecule has 0 N–H and O–H groups in total. The first-order valence-corrected chi connectivity index (χ1v) is 14.5. The number of hydrogen-bond donors (Lipinski definition) is 0. The molecule has 7 nitrogen and oxygen atoms in total. The lowest BCUT2D eigenvalue weighted by atomic mass is 10.1. The molecule has 2 heterocycles. The fourth-order valence-corrected chi connectivity index (χ4v) is 5.36. The highest BCUT2D eigenvalue weighted by Crippen LogP contribution is 2.27. The van der Waals surface area contributed by atoms with Crippen LogP contribution in [0.2, 0.25) is 0 Å². The van der Waals surface area contributed by atoms with Gasteiger partial charge in [0, 0.05) is 30.1 Å². The van der Waals surface area contributed by atoms with E-state index in [0.717, 1.165) is 51.8 Å². The Morgan fingerprint density at radius 2 is 1.46 bits per heavy atom. The number of methoxy groups -OCH3 is 2. The van der Waals surface area contributed by atoms with Gasteiger partial charge < -0.3 is 23.8 Å². The third-order valence-electron chi connectivity index (χ3n) is 6.65. The van der Waals surface area contributed by atoms with E-state index in [2.05, 4.69) is 57.7 Å². The molecule has 3 aromatic carbocycles. The molecule has 41 heavy (non-hydrogen) atoms. The Morgan fingerprint density at radius 3 is 2.27 bits per heavy atom. The zero-order valence-corrected chi connectivity index (χ0v) is 24.3. The summed E-state index contributed by atoms with van der Waals surface area (Å²) in [6.07, 6.45) is 2.66. The van der Waals surface area contributed by atoms with Gasteiger partial charge in [-0.25, -0.2) is 4.98 Å². The lowest BCUT2D eigenvalue weighted by molar-refractivity contribution is 0.0407. The van der Waals surface area contributed by atoms with Crippen LogP contribution in [0, 0.1) is 0 Å². The van der Waals surface area contributed by atoms with Gasteiger partial charge >= 0.3 is 0 Å². The third kappa shape index (κ3) is 8.27. The Bertz CT molecular complexity index is 1540. The zero-order valence-electron chi connectivity index (χ0n) is 23.5. The monoisotopic (exact) mass is 569 g/mol. The van der Waals surface area contributed by atoms with Crippen molar-refractivity contribution in [1.82, 2.24) is 9.97 Å². The van der Waals surface area contributed by atoms with Gasteiger partial charge in [0.1, 0.15) is 11.5 Å². The highest BCUT2D eigenvalue weighted by atomic mass is 32.1. The summed E-state index contributed by atoms with van der Waals surface area (Å²) in [6, 6.07) is 26.7. The maximum Gasteiger partial charge on any atom is 0.186 e. The van der Waals surface area contributed by atoms with Crippen LogP contribution in [0.3, 0.4) is 0 Å². The SMILES string of the molecule is COc1cccc(CCOCCOCc2csc(N(Cc3cccc(OC)c3)Cc3ccc4ncccc4c3)n2)c1. The molecule has 0 bridgehead atoms. The Hall–Kier alpha value is -3.98. The van der Waals surface area contributed by atoms with Gasteiger partial charge in [0.15, 0.2) is 5.13 Å². The molecule has 0 saturated heterocycles.